The van der Waals surface area contributed by atoms with Crippen LogP contribution in [0.15, 0.2) is 60.3 Å². The molecule has 0 aliphatic carbocycles. The zero-order valence-corrected chi connectivity index (χ0v) is 22.9. The van der Waals surface area contributed by atoms with E-state index < -0.39 is 17.6 Å². The topological polar surface area (TPSA) is 57.8 Å². The number of allylic oxidation sites excluding steroid dienone is 2. The fraction of sp³-hybridized carbons (Fsp3) is 0.355. The van der Waals surface area contributed by atoms with Crippen molar-refractivity contribution >= 4 is 23.7 Å². The monoisotopic (exact) mass is 525 g/mol. The molecule has 0 atom stereocenters. The van der Waals surface area contributed by atoms with Crippen LogP contribution in [0, 0.1) is 6.92 Å². The van der Waals surface area contributed by atoms with E-state index in [-0.39, 0.29) is 5.69 Å². The quantitative estimate of drug-likeness (QED) is 0.323. The first kappa shape index (κ1) is 30.6. The number of aryl methyl sites for hydroxylation is 2. The van der Waals surface area contributed by atoms with Gasteiger partial charge in [0.15, 0.2) is 0 Å². The molecule has 0 aliphatic rings. The van der Waals surface area contributed by atoms with Gasteiger partial charge in [0.25, 0.3) is 5.91 Å². The van der Waals surface area contributed by atoms with Gasteiger partial charge in [0.1, 0.15) is 0 Å². The number of H-pyrrole nitrogens is 1. The van der Waals surface area contributed by atoms with Crippen molar-refractivity contribution in [3.05, 3.63) is 93.1 Å². The van der Waals surface area contributed by atoms with Gasteiger partial charge in [0.05, 0.1) is 17.1 Å². The summed E-state index contributed by atoms with van der Waals surface area (Å²) in [6, 6.07) is 9.95. The standard InChI is InChI=1S/C18H18F3NO.C13H20N2/c1-3-5-13-8-9-14(10-12(13)2)17(23)22-16-7-4-6-15(11-16)18(19,20)21;1-4-7-8-11(5-2)9-12-10-14-15-13(12)6-3/h4,6-11H,3,5H2,1-2H3,(H,22,23);5-6,9-10,15H,4,7-8H2,1-3H3/b;11-5-,12-9-,13-6+. The van der Waals surface area contributed by atoms with E-state index in [0.717, 1.165) is 42.3 Å². The van der Waals surface area contributed by atoms with Crippen molar-refractivity contribution in [3.63, 3.8) is 0 Å². The third-order valence-corrected chi connectivity index (χ3v) is 6.09. The van der Waals surface area contributed by atoms with Gasteiger partial charge in [-0.2, -0.15) is 18.3 Å². The number of aromatic amines is 1. The van der Waals surface area contributed by atoms with Gasteiger partial charge in [-0.3, -0.25) is 9.89 Å². The van der Waals surface area contributed by atoms with Crippen molar-refractivity contribution in [2.24, 2.45) is 0 Å². The molecular weight excluding hydrogens is 487 g/mol. The summed E-state index contributed by atoms with van der Waals surface area (Å²) in [4.78, 5) is 12.2. The van der Waals surface area contributed by atoms with E-state index in [1.807, 2.05) is 32.2 Å². The van der Waals surface area contributed by atoms with Crippen LogP contribution in [0.2, 0.25) is 0 Å². The first-order valence-electron chi connectivity index (χ1n) is 13.0. The number of nitrogens with zero attached hydrogens (tertiary/aromatic N) is 1. The molecule has 1 aromatic heterocycles. The number of amides is 1. The minimum Gasteiger partial charge on any atom is -0.322 e. The molecule has 0 radical (unpaired) electrons. The number of aromatic nitrogens is 2. The summed E-state index contributed by atoms with van der Waals surface area (Å²) < 4.78 is 38.1. The van der Waals surface area contributed by atoms with Crippen molar-refractivity contribution in [3.8, 4) is 0 Å². The minimum absolute atomic E-state index is 0.125. The Hall–Kier alpha value is -3.61. The number of halogens is 3. The molecule has 2 N–H and O–H groups in total. The van der Waals surface area contributed by atoms with E-state index in [1.54, 1.807) is 12.1 Å². The van der Waals surface area contributed by atoms with Crippen molar-refractivity contribution < 1.29 is 18.0 Å². The Morgan fingerprint density at radius 3 is 2.45 bits per heavy atom. The number of anilines is 1. The van der Waals surface area contributed by atoms with E-state index >= 15 is 0 Å². The zero-order chi connectivity index (χ0) is 28.1. The molecule has 4 nitrogen and oxygen atoms in total. The number of benzene rings is 2. The Bertz CT molecular complexity index is 1340. The number of alkyl halides is 3. The molecule has 1 amide bonds. The van der Waals surface area contributed by atoms with Crippen LogP contribution >= 0.6 is 0 Å². The van der Waals surface area contributed by atoms with Crippen molar-refractivity contribution in [2.45, 2.75) is 72.9 Å². The lowest BCUT2D eigenvalue weighted by Crippen LogP contribution is -2.21. The van der Waals surface area contributed by atoms with Gasteiger partial charge in [-0.05, 0) is 87.6 Å². The summed E-state index contributed by atoms with van der Waals surface area (Å²) in [6.45, 7) is 10.3. The predicted octanol–water partition coefficient (Wildman–Crippen LogP) is 7.35. The van der Waals surface area contributed by atoms with Crippen molar-refractivity contribution in [1.82, 2.24) is 10.2 Å². The molecule has 0 saturated heterocycles. The molecule has 38 heavy (non-hydrogen) atoms. The second-order valence-electron chi connectivity index (χ2n) is 9.06. The highest BCUT2D eigenvalue weighted by molar-refractivity contribution is 6.04. The highest BCUT2D eigenvalue weighted by Gasteiger charge is 2.30. The maximum absolute atomic E-state index is 12.7. The summed E-state index contributed by atoms with van der Waals surface area (Å²) in [6.07, 6.45) is 9.48. The molecule has 0 saturated carbocycles. The maximum Gasteiger partial charge on any atom is 0.416 e. The van der Waals surface area contributed by atoms with E-state index in [4.69, 9.17) is 0 Å². The van der Waals surface area contributed by atoms with Gasteiger partial charge >= 0.3 is 6.18 Å². The predicted molar refractivity (Wildman–Crippen MR) is 150 cm³/mol. The molecule has 0 spiro atoms. The number of carbonyl (C=O) groups is 1. The number of carbonyl (C=O) groups excluding carboxylic acids is 1. The smallest absolute Gasteiger partial charge is 0.322 e. The molecule has 0 bridgehead atoms. The lowest BCUT2D eigenvalue weighted by molar-refractivity contribution is -0.137. The molecule has 7 heteroatoms. The number of hydrogen-bond acceptors (Lipinski definition) is 2. The van der Waals surface area contributed by atoms with E-state index in [2.05, 4.69) is 48.4 Å². The summed E-state index contributed by atoms with van der Waals surface area (Å²) in [5.74, 6) is -0.421. The highest BCUT2D eigenvalue weighted by Crippen LogP contribution is 2.30. The molecule has 0 aliphatic heterocycles. The van der Waals surface area contributed by atoms with Crippen LogP contribution in [-0.2, 0) is 12.6 Å². The number of unbranched alkanes of at least 4 members (excludes halogenated alkanes) is 1. The van der Waals surface area contributed by atoms with Gasteiger partial charge in [0.2, 0.25) is 0 Å². The fourth-order valence-electron chi connectivity index (χ4n) is 3.90. The van der Waals surface area contributed by atoms with E-state index in [9.17, 15) is 18.0 Å². The van der Waals surface area contributed by atoms with Crippen LogP contribution in [0.1, 0.15) is 80.4 Å². The van der Waals surface area contributed by atoms with Crippen LogP contribution in [0.5, 0.6) is 0 Å². The Balaban J connectivity index is 0.000000293. The number of hydrogen-bond donors (Lipinski definition) is 2. The minimum atomic E-state index is -4.43. The first-order chi connectivity index (χ1) is 18.1. The first-order valence-corrected chi connectivity index (χ1v) is 13.0. The fourth-order valence-corrected chi connectivity index (χ4v) is 3.90. The Kier molecular flexibility index (Phi) is 12.1. The molecule has 0 fully saturated rings. The Morgan fingerprint density at radius 2 is 1.84 bits per heavy atom. The van der Waals surface area contributed by atoms with Gasteiger partial charge in [-0.15, -0.1) is 0 Å². The lowest BCUT2D eigenvalue weighted by Gasteiger charge is -2.11. The molecule has 3 aromatic rings. The molecule has 0 unspecified atom stereocenters. The molecule has 3 rings (SSSR count). The average molecular weight is 526 g/mol. The molecule has 204 valence electrons. The SMILES string of the molecule is CCCc1ccc(C(=O)Nc2cccc(C(F)(F)F)c2)cc1C.C\C=C(/C=c1/cn[nH]/c1=C/C)CCCC. The van der Waals surface area contributed by atoms with Crippen LogP contribution < -0.4 is 15.9 Å². The summed E-state index contributed by atoms with van der Waals surface area (Å²) in [5, 5.41) is 11.8. The van der Waals surface area contributed by atoms with Crippen LogP contribution in [0.25, 0.3) is 12.2 Å². The van der Waals surface area contributed by atoms with E-state index in [0.29, 0.717) is 5.56 Å². The molecule has 1 heterocycles. The normalized spacial score (nSPS) is 12.8. The highest BCUT2D eigenvalue weighted by atomic mass is 19.4. The number of rotatable bonds is 8. The lowest BCUT2D eigenvalue weighted by atomic mass is 10.0. The Morgan fingerprint density at radius 1 is 1.08 bits per heavy atom. The average Bonchev–Trinajstić information content (AvgIpc) is 3.35. The summed E-state index contributed by atoms with van der Waals surface area (Å²) in [5.41, 5.74) is 3.33. The Labute approximate surface area is 223 Å². The summed E-state index contributed by atoms with van der Waals surface area (Å²) in [7, 11) is 0. The largest absolute Gasteiger partial charge is 0.416 e. The van der Waals surface area contributed by atoms with Crippen molar-refractivity contribution in [1.29, 1.82) is 0 Å². The van der Waals surface area contributed by atoms with Gasteiger partial charge in [-0.25, -0.2) is 0 Å². The van der Waals surface area contributed by atoms with Crippen LogP contribution in [0.4, 0.5) is 18.9 Å². The third-order valence-electron chi connectivity index (χ3n) is 6.09. The van der Waals surface area contributed by atoms with Gasteiger partial charge < -0.3 is 5.32 Å². The number of nitrogens with one attached hydrogen (secondary N) is 2. The van der Waals surface area contributed by atoms with Gasteiger partial charge in [-0.1, -0.05) is 56.5 Å². The zero-order valence-electron chi connectivity index (χ0n) is 22.9. The molecular formula is C31H38F3N3O. The van der Waals surface area contributed by atoms with E-state index in [1.165, 1.54) is 41.3 Å². The van der Waals surface area contributed by atoms with Gasteiger partial charge in [0, 0.05) is 16.5 Å². The van der Waals surface area contributed by atoms with Crippen LogP contribution in [-0.4, -0.2) is 16.1 Å². The summed E-state index contributed by atoms with van der Waals surface area (Å²) >= 11 is 0. The van der Waals surface area contributed by atoms with Crippen molar-refractivity contribution in [2.75, 3.05) is 5.32 Å². The maximum atomic E-state index is 12.7. The second kappa shape index (κ2) is 15.0. The van der Waals surface area contributed by atoms with Crippen LogP contribution in [0.3, 0.4) is 0 Å². The third kappa shape index (κ3) is 9.36. The second-order valence-corrected chi connectivity index (χ2v) is 9.06. The molecule has 2 aromatic carbocycles.